The molecule has 2 heterocycles. The molecule has 1 amide bonds. The molecule has 264 valence electrons. The summed E-state index contributed by atoms with van der Waals surface area (Å²) in [7, 11) is -1.78. The second kappa shape index (κ2) is 20.8. The predicted octanol–water partition coefficient (Wildman–Crippen LogP) is 4.58. The van der Waals surface area contributed by atoms with E-state index in [-0.39, 0.29) is 57.4 Å². The number of aromatic nitrogens is 2. The number of ether oxygens (including phenoxy) is 6. The Hall–Kier alpha value is -4.33. The van der Waals surface area contributed by atoms with Crippen molar-refractivity contribution >= 4 is 32.7 Å². The Morgan fingerprint density at radius 1 is 1.02 bits per heavy atom. The van der Waals surface area contributed by atoms with Gasteiger partial charge in [-0.3, -0.25) is 9.88 Å². The summed E-state index contributed by atoms with van der Waals surface area (Å²) in [5.41, 5.74) is -0.933. The molecule has 0 aromatic carbocycles. The normalized spacial score (nSPS) is 19.2. The van der Waals surface area contributed by atoms with Crippen LogP contribution in [0.2, 0.25) is 0 Å². The topological polar surface area (TPSA) is 199 Å². The summed E-state index contributed by atoms with van der Waals surface area (Å²) in [5.74, 6) is -0.144. The summed E-state index contributed by atoms with van der Waals surface area (Å²) in [5, 5.41) is 11.4. The van der Waals surface area contributed by atoms with Gasteiger partial charge in [-0.05, 0) is 33.8 Å². The zero-order valence-corrected chi connectivity index (χ0v) is 28.2. The highest BCUT2D eigenvalue weighted by atomic mass is 31.2. The van der Waals surface area contributed by atoms with Crippen LogP contribution in [0.25, 0.3) is 0 Å². The van der Waals surface area contributed by atoms with Gasteiger partial charge in [0.25, 0.3) is 8.53 Å². The highest BCUT2D eigenvalue weighted by Gasteiger charge is 2.52. The molecule has 1 aromatic heterocycles. The first-order valence-corrected chi connectivity index (χ1v) is 16.0. The third-order valence-corrected chi connectivity index (χ3v) is 8.14. The lowest BCUT2D eigenvalue weighted by molar-refractivity contribution is -0.0651. The molecule has 2 rings (SSSR count). The molecule has 18 heteroatoms. The Balaban J connectivity index is 2.51. The first-order valence-electron chi connectivity index (χ1n) is 14.9. The monoisotopic (exact) mass is 695 g/mol. The van der Waals surface area contributed by atoms with Crippen LogP contribution in [-0.4, -0.2) is 96.1 Å². The van der Waals surface area contributed by atoms with Gasteiger partial charge < -0.3 is 37.5 Å². The Morgan fingerprint density at radius 3 is 2.15 bits per heavy atom. The highest BCUT2D eigenvalue weighted by Crippen LogP contribution is 2.47. The molecule has 0 saturated carbocycles. The maximum absolute atomic E-state index is 13.2. The number of carbonyl (C=O) groups excluding carboxylic acids is 3. The molecule has 0 radical (unpaired) electrons. The SMILES string of the molecule is C=CCOC(=O)Nc1ccn([C@@H]2O[C@H](COP(OCCC#N)N(C(C)C)C(C)C)[C@@H](OC(=O)OCC=C)[C@H]2OC(=O)OCC=C)c(=O)n1. The average Bonchev–Trinajstić information content (AvgIpc) is 3.35. The van der Waals surface area contributed by atoms with Crippen molar-refractivity contribution in [3.05, 3.63) is 60.7 Å². The number of anilines is 1. The highest BCUT2D eigenvalue weighted by molar-refractivity contribution is 7.44. The van der Waals surface area contributed by atoms with Gasteiger partial charge in [0, 0.05) is 18.3 Å². The minimum atomic E-state index is -1.78. The van der Waals surface area contributed by atoms with Crippen molar-refractivity contribution < 1.29 is 51.9 Å². The zero-order chi connectivity index (χ0) is 35.6. The number of hydrogen-bond acceptors (Lipinski definition) is 15. The molecular weight excluding hydrogens is 653 g/mol. The summed E-state index contributed by atoms with van der Waals surface area (Å²) in [6, 6.07) is 3.24. The van der Waals surface area contributed by atoms with Gasteiger partial charge in [-0.15, -0.1) is 0 Å². The maximum atomic E-state index is 13.2. The van der Waals surface area contributed by atoms with Crippen molar-refractivity contribution in [2.24, 2.45) is 0 Å². The number of nitrogens with one attached hydrogen (secondary N) is 1. The van der Waals surface area contributed by atoms with E-state index in [1.807, 2.05) is 38.4 Å². The molecule has 0 bridgehead atoms. The molecule has 48 heavy (non-hydrogen) atoms. The summed E-state index contributed by atoms with van der Waals surface area (Å²) in [6.45, 7) is 17.6. The van der Waals surface area contributed by atoms with Crippen LogP contribution in [0.4, 0.5) is 20.2 Å². The van der Waals surface area contributed by atoms with Crippen LogP contribution in [-0.2, 0) is 37.5 Å². The quantitative estimate of drug-likeness (QED) is 0.0693. The molecule has 1 saturated heterocycles. The standard InChI is InChI=1S/C30H42N5O12P/c1-8-15-40-28(37)33-23-12-14-34(27(36)32-23)26-25(47-30(39)42-17-10-3)24(46-29(38)41-16-9-2)22(45-26)19-44-48(43-18-11-13-31)35(20(4)5)21(6)7/h8-10,12,14,20-22,24-26H,1-3,11,15-19H2,4-7H3,(H,32,33,36,37)/t22-,24-,25-,26-,48?/m1/s1. The molecule has 1 aliphatic heterocycles. The Kier molecular flexibility index (Phi) is 17.3. The van der Waals surface area contributed by atoms with E-state index in [1.165, 1.54) is 30.5 Å². The molecule has 1 N–H and O–H groups in total. The van der Waals surface area contributed by atoms with E-state index < -0.39 is 57.2 Å². The molecule has 1 aromatic rings. The van der Waals surface area contributed by atoms with E-state index in [0.29, 0.717) is 0 Å². The van der Waals surface area contributed by atoms with Crippen molar-refractivity contribution in [1.29, 1.82) is 5.26 Å². The van der Waals surface area contributed by atoms with Gasteiger partial charge in [0.05, 0.1) is 25.7 Å². The number of hydrogen-bond donors (Lipinski definition) is 1. The number of rotatable bonds is 19. The number of carbonyl (C=O) groups is 3. The predicted molar refractivity (Wildman–Crippen MR) is 172 cm³/mol. The lowest BCUT2D eigenvalue weighted by Crippen LogP contribution is -2.42. The summed E-state index contributed by atoms with van der Waals surface area (Å²) < 4.78 is 47.2. The fraction of sp³-hybridized carbons (Fsp3) is 0.533. The van der Waals surface area contributed by atoms with Crippen LogP contribution in [0.5, 0.6) is 0 Å². The van der Waals surface area contributed by atoms with Gasteiger partial charge in [0.15, 0.2) is 18.4 Å². The van der Waals surface area contributed by atoms with E-state index >= 15 is 0 Å². The van der Waals surface area contributed by atoms with Gasteiger partial charge >= 0.3 is 24.1 Å². The molecule has 0 spiro atoms. The molecule has 1 fully saturated rings. The van der Waals surface area contributed by atoms with Crippen LogP contribution >= 0.6 is 8.53 Å². The smallest absolute Gasteiger partial charge is 0.445 e. The minimum absolute atomic E-state index is 0.0297. The van der Waals surface area contributed by atoms with E-state index in [0.717, 1.165) is 4.57 Å². The maximum Gasteiger partial charge on any atom is 0.509 e. The average molecular weight is 696 g/mol. The first kappa shape index (κ1) is 39.8. The molecular formula is C30H42N5O12P. The van der Waals surface area contributed by atoms with Crippen LogP contribution in [0.3, 0.4) is 0 Å². The van der Waals surface area contributed by atoms with Crippen molar-refractivity contribution in [2.75, 3.05) is 38.4 Å². The van der Waals surface area contributed by atoms with Crippen LogP contribution in [0.1, 0.15) is 40.3 Å². The second-order valence-electron chi connectivity index (χ2n) is 10.3. The molecule has 1 aliphatic rings. The molecule has 17 nitrogen and oxygen atoms in total. The minimum Gasteiger partial charge on any atom is -0.445 e. The molecule has 0 aliphatic carbocycles. The van der Waals surface area contributed by atoms with Crippen molar-refractivity contribution in [3.63, 3.8) is 0 Å². The largest absolute Gasteiger partial charge is 0.509 e. The summed E-state index contributed by atoms with van der Waals surface area (Å²) >= 11 is 0. The molecule has 5 atom stereocenters. The lowest BCUT2D eigenvalue weighted by Gasteiger charge is -2.36. The van der Waals surface area contributed by atoms with Gasteiger partial charge in [0.1, 0.15) is 31.7 Å². The third-order valence-electron chi connectivity index (χ3n) is 6.07. The summed E-state index contributed by atoms with van der Waals surface area (Å²) in [4.78, 5) is 54.3. The number of nitriles is 1. The van der Waals surface area contributed by atoms with E-state index in [9.17, 15) is 19.2 Å². The number of nitrogens with zero attached hydrogens (tertiary/aromatic N) is 4. The zero-order valence-electron chi connectivity index (χ0n) is 27.3. The van der Waals surface area contributed by atoms with E-state index in [4.69, 9.17) is 42.7 Å². The first-order chi connectivity index (χ1) is 23.0. The Morgan fingerprint density at radius 2 is 1.60 bits per heavy atom. The van der Waals surface area contributed by atoms with Crippen molar-refractivity contribution in [2.45, 2.75) is 70.7 Å². The Bertz CT molecular complexity index is 1340. The van der Waals surface area contributed by atoms with Crippen LogP contribution in [0.15, 0.2) is 55.0 Å². The van der Waals surface area contributed by atoms with Gasteiger partial charge in [-0.1, -0.05) is 38.0 Å². The van der Waals surface area contributed by atoms with Crippen LogP contribution < -0.4 is 11.0 Å². The second-order valence-corrected chi connectivity index (χ2v) is 11.7. The number of amides is 1. The fourth-order valence-electron chi connectivity index (χ4n) is 4.28. The van der Waals surface area contributed by atoms with E-state index in [2.05, 4.69) is 30.0 Å². The van der Waals surface area contributed by atoms with Gasteiger partial charge in [-0.2, -0.15) is 10.2 Å². The van der Waals surface area contributed by atoms with Crippen molar-refractivity contribution in [1.82, 2.24) is 14.2 Å². The van der Waals surface area contributed by atoms with Crippen molar-refractivity contribution in [3.8, 4) is 6.07 Å². The van der Waals surface area contributed by atoms with E-state index in [1.54, 1.807) is 0 Å². The van der Waals surface area contributed by atoms with Crippen LogP contribution in [0, 0.1) is 11.3 Å². The van der Waals surface area contributed by atoms with Gasteiger partial charge in [-0.25, -0.2) is 23.8 Å². The molecule has 1 unspecified atom stereocenters. The van der Waals surface area contributed by atoms with Gasteiger partial charge in [0.2, 0.25) is 0 Å². The summed E-state index contributed by atoms with van der Waals surface area (Å²) in [6.07, 6.45) is -3.40. The third kappa shape index (κ3) is 12.4. The Labute approximate surface area is 279 Å². The lowest BCUT2D eigenvalue weighted by atomic mass is 10.1. The fourth-order valence-corrected chi connectivity index (χ4v) is 5.90.